The molecule has 0 aliphatic heterocycles. The molecule has 0 amide bonds. The highest BCUT2D eigenvalue weighted by atomic mass is 16.4. The lowest BCUT2D eigenvalue weighted by atomic mass is 9.87. The van der Waals surface area contributed by atoms with Crippen molar-refractivity contribution < 1.29 is 5.21 Å². The fourth-order valence-electron chi connectivity index (χ4n) is 1.63. The summed E-state index contributed by atoms with van der Waals surface area (Å²) >= 11 is 0. The monoisotopic (exact) mass is 248 g/mol. The van der Waals surface area contributed by atoms with Gasteiger partial charge in [-0.05, 0) is 43.9 Å². The van der Waals surface area contributed by atoms with Gasteiger partial charge in [-0.15, -0.1) is 0 Å². The molecule has 0 saturated heterocycles. The summed E-state index contributed by atoms with van der Waals surface area (Å²) in [6, 6.07) is 8.38. The van der Waals surface area contributed by atoms with Crippen molar-refractivity contribution in [3.8, 4) is 0 Å². The van der Waals surface area contributed by atoms with Crippen molar-refractivity contribution in [2.75, 3.05) is 5.32 Å². The van der Waals surface area contributed by atoms with E-state index in [1.54, 1.807) is 6.92 Å². The van der Waals surface area contributed by atoms with Gasteiger partial charge in [0, 0.05) is 5.69 Å². The smallest absolute Gasteiger partial charge is 0.0787 e. The highest BCUT2D eigenvalue weighted by molar-refractivity contribution is 5.92. The Morgan fingerprint density at radius 1 is 1.06 bits per heavy atom. The molecule has 0 heterocycles. The van der Waals surface area contributed by atoms with Crippen LogP contribution in [0.4, 0.5) is 5.69 Å². The molecule has 100 valence electrons. The Hall–Kier alpha value is -1.51. The zero-order chi connectivity index (χ0) is 14.0. The van der Waals surface area contributed by atoms with Crippen molar-refractivity contribution in [1.29, 1.82) is 0 Å². The van der Waals surface area contributed by atoms with Gasteiger partial charge in [-0.2, -0.15) is 0 Å². The van der Waals surface area contributed by atoms with Gasteiger partial charge < -0.3 is 10.5 Å². The minimum absolute atomic E-state index is 0.163. The van der Waals surface area contributed by atoms with Crippen molar-refractivity contribution >= 4 is 11.4 Å². The van der Waals surface area contributed by atoms with Crippen LogP contribution >= 0.6 is 0 Å². The Balaban J connectivity index is 2.88. The van der Waals surface area contributed by atoms with E-state index >= 15 is 0 Å². The quantitative estimate of drug-likeness (QED) is 0.482. The molecule has 0 spiro atoms. The minimum Gasteiger partial charge on any atom is -0.411 e. The van der Waals surface area contributed by atoms with E-state index in [1.807, 2.05) is 13.8 Å². The number of nitrogens with one attached hydrogen (secondary N) is 1. The molecule has 2 N–H and O–H groups in total. The Bertz CT molecular complexity index is 425. The van der Waals surface area contributed by atoms with Gasteiger partial charge in [0.05, 0.1) is 11.3 Å². The molecule has 0 aromatic heterocycles. The number of rotatable bonds is 3. The van der Waals surface area contributed by atoms with Crippen LogP contribution in [0, 0.1) is 0 Å². The Kier molecular flexibility index (Phi) is 4.05. The molecule has 18 heavy (non-hydrogen) atoms. The van der Waals surface area contributed by atoms with Crippen molar-refractivity contribution in [1.82, 2.24) is 0 Å². The van der Waals surface area contributed by atoms with Crippen molar-refractivity contribution in [3.63, 3.8) is 0 Å². The van der Waals surface area contributed by atoms with E-state index in [0.29, 0.717) is 5.71 Å². The number of benzene rings is 1. The summed E-state index contributed by atoms with van der Waals surface area (Å²) in [4.78, 5) is 0. The average molecular weight is 248 g/mol. The third-order valence-corrected chi connectivity index (χ3v) is 3.26. The van der Waals surface area contributed by atoms with E-state index in [2.05, 4.69) is 55.5 Å². The molecule has 1 aromatic carbocycles. The molecule has 0 fully saturated rings. The van der Waals surface area contributed by atoms with E-state index < -0.39 is 0 Å². The fraction of sp³-hybridized carbons (Fsp3) is 0.533. The summed E-state index contributed by atoms with van der Waals surface area (Å²) in [5, 5.41) is 15.5. The molecule has 0 aliphatic carbocycles. The Morgan fingerprint density at radius 2 is 1.56 bits per heavy atom. The molecule has 0 bridgehead atoms. The SMILES string of the molecule is CC(=NO)C(C)(C)Nc1ccc(C(C)(C)C)cc1. The van der Waals surface area contributed by atoms with Crippen molar-refractivity contribution in [2.45, 2.75) is 52.5 Å². The number of hydrogen-bond donors (Lipinski definition) is 2. The van der Waals surface area contributed by atoms with Crippen LogP contribution < -0.4 is 5.32 Å². The highest BCUT2D eigenvalue weighted by Crippen LogP contribution is 2.24. The van der Waals surface area contributed by atoms with Crippen LogP contribution in [-0.4, -0.2) is 16.5 Å². The van der Waals surface area contributed by atoms with E-state index in [0.717, 1.165) is 5.69 Å². The maximum Gasteiger partial charge on any atom is 0.0787 e. The van der Waals surface area contributed by atoms with Crippen LogP contribution in [0.15, 0.2) is 29.4 Å². The minimum atomic E-state index is -0.363. The normalized spacial score (nSPS) is 13.6. The zero-order valence-electron chi connectivity index (χ0n) is 12.2. The van der Waals surface area contributed by atoms with Gasteiger partial charge >= 0.3 is 0 Å². The maximum atomic E-state index is 8.85. The number of nitrogens with zero attached hydrogens (tertiary/aromatic N) is 1. The first-order valence-corrected chi connectivity index (χ1v) is 6.24. The fourth-order valence-corrected chi connectivity index (χ4v) is 1.63. The van der Waals surface area contributed by atoms with Crippen LogP contribution in [-0.2, 0) is 5.41 Å². The topological polar surface area (TPSA) is 44.6 Å². The third-order valence-electron chi connectivity index (χ3n) is 3.26. The van der Waals surface area contributed by atoms with Gasteiger partial charge in [-0.3, -0.25) is 0 Å². The second-order valence-corrected chi connectivity index (χ2v) is 6.26. The lowest BCUT2D eigenvalue weighted by Gasteiger charge is -2.27. The predicted octanol–water partition coefficient (Wildman–Crippen LogP) is 4.02. The Labute approximate surface area is 110 Å². The molecule has 0 radical (unpaired) electrons. The molecular weight excluding hydrogens is 224 g/mol. The summed E-state index contributed by atoms with van der Waals surface area (Å²) in [5.74, 6) is 0. The lowest BCUT2D eigenvalue weighted by molar-refractivity contribution is 0.314. The van der Waals surface area contributed by atoms with E-state index in [1.165, 1.54) is 5.56 Å². The van der Waals surface area contributed by atoms with Gasteiger partial charge in [0.15, 0.2) is 0 Å². The summed E-state index contributed by atoms with van der Waals surface area (Å²) in [7, 11) is 0. The first-order chi connectivity index (χ1) is 8.16. The third kappa shape index (κ3) is 3.49. The van der Waals surface area contributed by atoms with Crippen molar-refractivity contribution in [3.05, 3.63) is 29.8 Å². The molecule has 3 nitrogen and oxygen atoms in total. The van der Waals surface area contributed by atoms with E-state index in [4.69, 9.17) is 5.21 Å². The van der Waals surface area contributed by atoms with Crippen LogP contribution in [0.3, 0.4) is 0 Å². The maximum absolute atomic E-state index is 8.85. The summed E-state index contributed by atoms with van der Waals surface area (Å²) in [6.45, 7) is 12.4. The highest BCUT2D eigenvalue weighted by Gasteiger charge is 2.22. The van der Waals surface area contributed by atoms with Gasteiger partial charge in [0.2, 0.25) is 0 Å². The van der Waals surface area contributed by atoms with Crippen LogP contribution in [0.5, 0.6) is 0 Å². The van der Waals surface area contributed by atoms with Crippen LogP contribution in [0.25, 0.3) is 0 Å². The standard InChI is InChI=1S/C15H24N2O/c1-11(17-18)15(5,6)16-13-9-7-12(8-10-13)14(2,3)4/h7-10,16,18H,1-6H3. The second kappa shape index (κ2) is 5.01. The number of anilines is 1. The second-order valence-electron chi connectivity index (χ2n) is 6.26. The molecule has 1 rings (SSSR count). The Morgan fingerprint density at radius 3 is 1.94 bits per heavy atom. The van der Waals surface area contributed by atoms with Gasteiger partial charge in [-0.1, -0.05) is 38.1 Å². The van der Waals surface area contributed by atoms with E-state index in [9.17, 15) is 0 Å². The summed E-state index contributed by atoms with van der Waals surface area (Å²) < 4.78 is 0. The molecule has 0 unspecified atom stereocenters. The van der Waals surface area contributed by atoms with Crippen LogP contribution in [0.2, 0.25) is 0 Å². The molecule has 0 atom stereocenters. The van der Waals surface area contributed by atoms with Gasteiger partial charge in [-0.25, -0.2) is 0 Å². The number of oxime groups is 1. The largest absolute Gasteiger partial charge is 0.411 e. The number of hydrogen-bond acceptors (Lipinski definition) is 3. The lowest BCUT2D eigenvalue weighted by Crippen LogP contribution is -2.38. The average Bonchev–Trinajstić information content (AvgIpc) is 2.26. The summed E-state index contributed by atoms with van der Waals surface area (Å²) in [5.41, 5.74) is 2.78. The molecule has 0 aliphatic rings. The van der Waals surface area contributed by atoms with E-state index in [-0.39, 0.29) is 11.0 Å². The van der Waals surface area contributed by atoms with Gasteiger partial charge in [0.1, 0.15) is 0 Å². The van der Waals surface area contributed by atoms with Crippen molar-refractivity contribution in [2.24, 2.45) is 5.16 Å². The predicted molar refractivity (Wildman–Crippen MR) is 77.7 cm³/mol. The molecular formula is C15H24N2O. The first kappa shape index (κ1) is 14.6. The molecule has 3 heteroatoms. The molecule has 0 saturated carbocycles. The zero-order valence-corrected chi connectivity index (χ0v) is 12.2. The summed E-state index contributed by atoms with van der Waals surface area (Å²) in [6.07, 6.45) is 0. The first-order valence-electron chi connectivity index (χ1n) is 6.24. The molecule has 1 aromatic rings. The van der Waals surface area contributed by atoms with Gasteiger partial charge in [0.25, 0.3) is 0 Å². The van der Waals surface area contributed by atoms with Crippen LogP contribution in [0.1, 0.15) is 47.1 Å².